The van der Waals surface area contributed by atoms with Crippen LogP contribution in [0.2, 0.25) is 0 Å². The number of quaternary nitrogens is 1. The van der Waals surface area contributed by atoms with Gasteiger partial charge in [0.1, 0.15) is 11.8 Å². The molecule has 0 radical (unpaired) electrons. The third kappa shape index (κ3) is 14.4. The lowest BCUT2D eigenvalue weighted by atomic mass is 9.99. The van der Waals surface area contributed by atoms with Gasteiger partial charge in [-0.25, -0.2) is 4.79 Å². The van der Waals surface area contributed by atoms with Crippen LogP contribution in [0.25, 0.3) is 0 Å². The van der Waals surface area contributed by atoms with Crippen LogP contribution in [0.5, 0.6) is 0 Å². The van der Waals surface area contributed by atoms with Gasteiger partial charge in [0.15, 0.2) is 19.2 Å². The highest BCUT2D eigenvalue weighted by atomic mass is 31.1. The van der Waals surface area contributed by atoms with Gasteiger partial charge in [0.2, 0.25) is 0 Å². The van der Waals surface area contributed by atoms with Crippen LogP contribution >= 0.6 is 8.15 Å². The maximum Gasteiger partial charge on any atom is 0.310 e. The first-order chi connectivity index (χ1) is 16.1. The Labute approximate surface area is 209 Å². The molecule has 0 aromatic heterocycles. The zero-order valence-corrected chi connectivity index (χ0v) is 23.5. The number of nitrogens with zero attached hydrogens (tertiary/aromatic N) is 1. The highest BCUT2D eigenvalue weighted by Crippen LogP contribution is 2.36. The molecule has 0 rings (SSSR count). The Kier molecular flexibility index (Phi) is 18.7. The minimum atomic E-state index is -2.37. The zero-order valence-electron chi connectivity index (χ0n) is 22.6. The van der Waals surface area contributed by atoms with Crippen molar-refractivity contribution in [1.29, 1.82) is 0 Å². The molecule has 34 heavy (non-hydrogen) atoms. The van der Waals surface area contributed by atoms with Crippen molar-refractivity contribution < 1.29 is 28.6 Å². The van der Waals surface area contributed by atoms with Crippen molar-refractivity contribution in [1.82, 2.24) is 0 Å². The van der Waals surface area contributed by atoms with Crippen molar-refractivity contribution in [2.75, 3.05) is 14.1 Å². The number of Topliss-reactive ketones (excluding diaryl/α,β-unsaturated/α-hetero) is 1. The van der Waals surface area contributed by atoms with Gasteiger partial charge in [0, 0.05) is 12.8 Å². The third-order valence-corrected chi connectivity index (χ3v) is 8.38. The highest BCUT2D eigenvalue weighted by Gasteiger charge is 2.38. The largest absolute Gasteiger partial charge is 0.360 e. The molecule has 0 saturated heterocycles. The first-order valence-electron chi connectivity index (χ1n) is 13.5. The summed E-state index contributed by atoms with van der Waals surface area (Å²) < 4.78 is -0.112. The monoisotopic (exact) mass is 500 g/mol. The van der Waals surface area contributed by atoms with E-state index in [1.54, 1.807) is 21.0 Å². The quantitative estimate of drug-likeness (QED) is 0.102. The van der Waals surface area contributed by atoms with Gasteiger partial charge >= 0.3 is 5.91 Å². The normalized spacial score (nSPS) is 13.5. The summed E-state index contributed by atoms with van der Waals surface area (Å²) in [5.74, 6) is -0.118. The van der Waals surface area contributed by atoms with E-state index in [9.17, 15) is 24.1 Å². The lowest BCUT2D eigenvalue weighted by molar-refractivity contribution is -0.838. The minimum Gasteiger partial charge on any atom is -0.360 e. The standard InChI is InChI=1S/C27H51NO5P/c1-6-8-9-10-11-12-13-14-15-16-17-18-19-20-25(30)21-24(28(4,5)23(3)29)22-27(32)34(33)26(31)7-2/h24,33H,6-22H2,1-5H3/q+1. The molecule has 0 bridgehead atoms. The maximum atomic E-state index is 12.6. The van der Waals surface area contributed by atoms with Crippen molar-refractivity contribution in [3.63, 3.8) is 0 Å². The van der Waals surface area contributed by atoms with Gasteiger partial charge in [-0.3, -0.25) is 18.9 Å². The van der Waals surface area contributed by atoms with Crippen molar-refractivity contribution in [2.24, 2.45) is 0 Å². The number of hydrogen-bond donors (Lipinski definition) is 1. The maximum absolute atomic E-state index is 12.6. The topological polar surface area (TPSA) is 88.5 Å². The lowest BCUT2D eigenvalue weighted by Crippen LogP contribution is -2.53. The van der Waals surface area contributed by atoms with Crippen LogP contribution < -0.4 is 0 Å². The second-order valence-corrected chi connectivity index (χ2v) is 11.7. The van der Waals surface area contributed by atoms with Gasteiger partial charge in [-0.15, -0.1) is 0 Å². The molecule has 0 aromatic rings. The van der Waals surface area contributed by atoms with Crippen LogP contribution in [0.3, 0.4) is 0 Å². The van der Waals surface area contributed by atoms with E-state index in [0.717, 1.165) is 19.3 Å². The molecule has 0 aliphatic carbocycles. The molecule has 0 fully saturated rings. The van der Waals surface area contributed by atoms with Crippen molar-refractivity contribution in [3.8, 4) is 0 Å². The molecular weight excluding hydrogens is 449 g/mol. The molecule has 2 atom stereocenters. The molecule has 0 aliphatic heterocycles. The Bertz CT molecular complexity index is 620. The number of carbonyl (C=O) groups excluding carboxylic acids is 4. The smallest absolute Gasteiger partial charge is 0.310 e. The van der Waals surface area contributed by atoms with E-state index in [0.29, 0.717) is 6.42 Å². The summed E-state index contributed by atoms with van der Waals surface area (Å²) in [4.78, 5) is 58.9. The zero-order chi connectivity index (χ0) is 26.0. The number of rotatable bonds is 22. The second-order valence-electron chi connectivity index (χ2n) is 10.1. The van der Waals surface area contributed by atoms with Crippen molar-refractivity contribution >= 4 is 30.9 Å². The average molecular weight is 501 g/mol. The number of hydrogen-bond acceptors (Lipinski definition) is 5. The van der Waals surface area contributed by atoms with E-state index in [4.69, 9.17) is 0 Å². The average Bonchev–Trinajstić information content (AvgIpc) is 2.80. The minimum absolute atomic E-state index is 0.0393. The summed E-state index contributed by atoms with van der Waals surface area (Å²) in [6.07, 6.45) is 16.7. The Hall–Kier alpha value is -0.970. The van der Waals surface area contributed by atoms with Crippen LogP contribution in [0, 0.1) is 0 Å². The summed E-state index contributed by atoms with van der Waals surface area (Å²) in [5.41, 5.74) is -1.02. The summed E-state index contributed by atoms with van der Waals surface area (Å²) in [5, 5.41) is 0. The van der Waals surface area contributed by atoms with E-state index in [1.165, 1.54) is 71.1 Å². The predicted molar refractivity (Wildman–Crippen MR) is 141 cm³/mol. The fourth-order valence-corrected chi connectivity index (χ4v) is 5.03. The summed E-state index contributed by atoms with van der Waals surface area (Å²) in [7, 11) is 0.996. The summed E-state index contributed by atoms with van der Waals surface area (Å²) >= 11 is 0. The van der Waals surface area contributed by atoms with E-state index in [2.05, 4.69) is 6.92 Å². The van der Waals surface area contributed by atoms with Crippen LogP contribution in [-0.2, 0) is 19.2 Å². The van der Waals surface area contributed by atoms with Crippen LogP contribution in [0.4, 0.5) is 0 Å². The molecule has 0 spiro atoms. The molecule has 0 saturated carbocycles. The van der Waals surface area contributed by atoms with E-state index < -0.39 is 25.2 Å². The highest BCUT2D eigenvalue weighted by molar-refractivity contribution is 7.84. The SMILES string of the molecule is CCCCCCCCCCCCCCCC(=O)CC(CC(=O)P(O)C(=O)CC)[N+](C)(C)C(C)=O. The first kappa shape index (κ1) is 33.0. The number of amides is 1. The van der Waals surface area contributed by atoms with E-state index >= 15 is 0 Å². The van der Waals surface area contributed by atoms with Gasteiger partial charge in [-0.1, -0.05) is 90.9 Å². The van der Waals surface area contributed by atoms with Crippen LogP contribution in [0.1, 0.15) is 130 Å². The summed E-state index contributed by atoms with van der Waals surface area (Å²) in [6, 6.07) is -0.554. The Balaban J connectivity index is 4.26. The molecule has 7 heteroatoms. The van der Waals surface area contributed by atoms with Gasteiger partial charge in [-0.2, -0.15) is 0 Å². The molecule has 0 aromatic carbocycles. The molecular formula is C27H51NO5P+. The van der Waals surface area contributed by atoms with Gasteiger partial charge < -0.3 is 4.89 Å². The van der Waals surface area contributed by atoms with Crippen LogP contribution in [-0.4, -0.2) is 52.3 Å². The van der Waals surface area contributed by atoms with Gasteiger partial charge in [0.25, 0.3) is 0 Å². The predicted octanol–water partition coefficient (Wildman–Crippen LogP) is 6.66. The number of carbonyl (C=O) groups is 4. The lowest BCUT2D eigenvalue weighted by Gasteiger charge is -2.34. The molecule has 0 heterocycles. The molecule has 6 nitrogen and oxygen atoms in total. The Morgan fingerprint density at radius 3 is 1.56 bits per heavy atom. The van der Waals surface area contributed by atoms with Crippen LogP contribution in [0.15, 0.2) is 0 Å². The van der Waals surface area contributed by atoms with Crippen molar-refractivity contribution in [3.05, 3.63) is 0 Å². The second kappa shape index (κ2) is 19.2. The fraction of sp³-hybridized carbons (Fsp3) is 0.852. The van der Waals surface area contributed by atoms with E-state index in [1.807, 2.05) is 0 Å². The number of unbranched alkanes of at least 4 members (excludes halogenated alkanes) is 12. The molecule has 0 aliphatic rings. The van der Waals surface area contributed by atoms with Gasteiger partial charge in [0.05, 0.1) is 33.9 Å². The molecule has 198 valence electrons. The summed E-state index contributed by atoms with van der Waals surface area (Å²) in [6.45, 7) is 5.29. The fourth-order valence-electron chi connectivity index (χ4n) is 4.07. The van der Waals surface area contributed by atoms with Gasteiger partial charge in [-0.05, 0) is 6.42 Å². The molecule has 1 amide bonds. The first-order valence-corrected chi connectivity index (χ1v) is 14.8. The molecule has 1 N–H and O–H groups in total. The Morgan fingerprint density at radius 1 is 0.706 bits per heavy atom. The molecule has 2 unspecified atom stereocenters. The van der Waals surface area contributed by atoms with Crippen molar-refractivity contribution in [2.45, 2.75) is 136 Å². The third-order valence-electron chi connectivity index (χ3n) is 6.93. The number of ketones is 1. The van der Waals surface area contributed by atoms with E-state index in [-0.39, 0.29) is 35.4 Å². The Morgan fingerprint density at radius 2 is 1.15 bits per heavy atom.